The molecule has 0 saturated heterocycles. The highest BCUT2D eigenvalue weighted by Gasteiger charge is 2.48. The van der Waals surface area contributed by atoms with Crippen molar-refractivity contribution in [2.45, 2.75) is 109 Å². The van der Waals surface area contributed by atoms with E-state index in [0.29, 0.717) is 16.6 Å². The van der Waals surface area contributed by atoms with E-state index in [2.05, 4.69) is 90.0 Å². The number of aliphatic hydroxyl groups excluding tert-OH is 1. The van der Waals surface area contributed by atoms with Gasteiger partial charge in [-0.1, -0.05) is 82.6 Å². The molecule has 0 saturated carbocycles. The Labute approximate surface area is 216 Å². The molecule has 1 aliphatic heterocycles. The number of benzene rings is 1. The highest BCUT2D eigenvalue weighted by molar-refractivity contribution is 9.10. The van der Waals surface area contributed by atoms with Crippen LogP contribution in [-0.4, -0.2) is 31.9 Å². The first kappa shape index (κ1) is 27.7. The predicted molar refractivity (Wildman–Crippen MR) is 146 cm³/mol. The Bertz CT molecular complexity index is 903. The number of rotatable bonds is 8. The number of halogens is 1. The molecular formula is C28H43BrO4Si. The van der Waals surface area contributed by atoms with Crippen LogP contribution in [0.4, 0.5) is 0 Å². The topological polar surface area (TPSA) is 47.9 Å². The highest BCUT2D eigenvalue weighted by atomic mass is 79.9. The molecule has 4 nitrogen and oxygen atoms in total. The molecule has 1 heterocycles. The molecule has 0 spiro atoms. The van der Waals surface area contributed by atoms with E-state index in [-0.39, 0.29) is 24.0 Å². The lowest BCUT2D eigenvalue weighted by Crippen LogP contribution is -2.50. The molecule has 190 valence electrons. The first-order valence-electron chi connectivity index (χ1n) is 12.7. The minimum atomic E-state index is -2.10. The molecule has 1 aromatic carbocycles. The van der Waals surface area contributed by atoms with Crippen molar-refractivity contribution in [3.8, 4) is 5.75 Å². The summed E-state index contributed by atoms with van der Waals surface area (Å²) in [6.45, 7) is 24.3. The number of hydrogen-bond donors (Lipinski definition) is 1. The first-order chi connectivity index (χ1) is 15.8. The molecule has 0 unspecified atom stereocenters. The summed E-state index contributed by atoms with van der Waals surface area (Å²) in [5.41, 5.74) is 4.96. The molecule has 6 heteroatoms. The molecule has 1 N–H and O–H groups in total. The van der Waals surface area contributed by atoms with Crippen LogP contribution < -0.4 is 4.43 Å². The maximum absolute atomic E-state index is 10.00. The molecule has 0 aromatic heterocycles. The molecule has 0 amide bonds. The first-order valence-corrected chi connectivity index (χ1v) is 15.6. The molecule has 1 aliphatic carbocycles. The van der Waals surface area contributed by atoms with Crippen molar-refractivity contribution in [1.82, 2.24) is 0 Å². The summed E-state index contributed by atoms with van der Waals surface area (Å²) in [6, 6.07) is 4.35. The van der Waals surface area contributed by atoms with Crippen LogP contribution in [0.3, 0.4) is 0 Å². The Hall–Kier alpha value is -0.923. The van der Waals surface area contributed by atoms with Crippen molar-refractivity contribution >= 4 is 24.2 Å². The van der Waals surface area contributed by atoms with Gasteiger partial charge in [0.15, 0.2) is 6.29 Å². The van der Waals surface area contributed by atoms with Gasteiger partial charge in [-0.25, -0.2) is 0 Å². The Balaban J connectivity index is 2.05. The predicted octanol–water partition coefficient (Wildman–Crippen LogP) is 8.03. The normalized spacial score (nSPS) is 29.2. The zero-order chi connectivity index (χ0) is 25.5. The summed E-state index contributed by atoms with van der Waals surface area (Å²) >= 11 is 3.88. The monoisotopic (exact) mass is 550 g/mol. The fraction of sp³-hybridized carbons (Fsp3) is 0.643. The van der Waals surface area contributed by atoms with Crippen LogP contribution in [0.1, 0.15) is 85.5 Å². The van der Waals surface area contributed by atoms with E-state index in [9.17, 15) is 5.11 Å². The largest absolute Gasteiger partial charge is 0.543 e. The van der Waals surface area contributed by atoms with E-state index in [4.69, 9.17) is 13.9 Å². The van der Waals surface area contributed by atoms with E-state index in [1.807, 2.05) is 13.0 Å². The Morgan fingerprint density at radius 2 is 1.65 bits per heavy atom. The molecule has 6 atom stereocenters. The second-order valence-electron chi connectivity index (χ2n) is 11.2. The zero-order valence-electron chi connectivity index (χ0n) is 22.3. The smallest absolute Gasteiger partial charge is 0.258 e. The Morgan fingerprint density at radius 3 is 2.15 bits per heavy atom. The quantitative estimate of drug-likeness (QED) is 0.262. The summed E-state index contributed by atoms with van der Waals surface area (Å²) in [5.74, 6) is 1.29. The van der Waals surface area contributed by atoms with Gasteiger partial charge in [0.25, 0.3) is 8.32 Å². The number of fused-ring (bicyclic) bond motifs is 1. The minimum absolute atomic E-state index is 0.165. The van der Waals surface area contributed by atoms with Gasteiger partial charge in [0.2, 0.25) is 0 Å². The van der Waals surface area contributed by atoms with Gasteiger partial charge >= 0.3 is 0 Å². The van der Waals surface area contributed by atoms with Gasteiger partial charge in [0.1, 0.15) is 5.75 Å². The average molecular weight is 552 g/mol. The van der Waals surface area contributed by atoms with Crippen LogP contribution in [0.25, 0.3) is 0 Å². The maximum Gasteiger partial charge on any atom is 0.258 e. The van der Waals surface area contributed by atoms with E-state index < -0.39 is 20.7 Å². The molecule has 0 fully saturated rings. The van der Waals surface area contributed by atoms with Crippen molar-refractivity contribution in [2.24, 2.45) is 5.92 Å². The SMILES string of the molecule is C=C(C)[C@H]1c2c(Br)cc(O[Si](C(C)C)(C(C)C)C(C)C)cc2[C@@H](O[C@H]2C=C[C@@H](O)[C@@H](C)O2)[C@@H]1C. The number of hydrogen-bond acceptors (Lipinski definition) is 4. The highest BCUT2D eigenvalue weighted by Crippen LogP contribution is 2.54. The molecule has 34 heavy (non-hydrogen) atoms. The number of allylic oxidation sites excluding steroid dienone is 1. The van der Waals surface area contributed by atoms with Gasteiger partial charge in [0.05, 0.1) is 18.3 Å². The fourth-order valence-electron chi connectivity index (χ4n) is 6.33. The van der Waals surface area contributed by atoms with E-state index in [1.165, 1.54) is 5.56 Å². The van der Waals surface area contributed by atoms with Crippen LogP contribution in [0.5, 0.6) is 5.75 Å². The molecule has 3 rings (SSSR count). The van der Waals surface area contributed by atoms with Crippen molar-refractivity contribution < 1.29 is 19.0 Å². The third-order valence-electron chi connectivity index (χ3n) is 7.86. The van der Waals surface area contributed by atoms with Gasteiger partial charge in [-0.05, 0) is 65.7 Å². The minimum Gasteiger partial charge on any atom is -0.543 e. The van der Waals surface area contributed by atoms with Gasteiger partial charge < -0.3 is 19.0 Å². The molecule has 0 radical (unpaired) electrons. The van der Waals surface area contributed by atoms with Crippen LogP contribution in [0, 0.1) is 5.92 Å². The Kier molecular flexibility index (Phi) is 8.62. The lowest BCUT2D eigenvalue weighted by atomic mass is 9.88. The van der Waals surface area contributed by atoms with Crippen molar-refractivity contribution in [2.75, 3.05) is 0 Å². The van der Waals surface area contributed by atoms with Crippen molar-refractivity contribution in [1.29, 1.82) is 0 Å². The molecule has 1 aromatic rings. The van der Waals surface area contributed by atoms with Gasteiger partial charge in [-0.15, -0.1) is 0 Å². The van der Waals surface area contributed by atoms with Gasteiger partial charge in [-0.3, -0.25) is 0 Å². The average Bonchev–Trinajstić information content (AvgIpc) is 3.00. The van der Waals surface area contributed by atoms with Crippen LogP contribution >= 0.6 is 15.9 Å². The van der Waals surface area contributed by atoms with Crippen molar-refractivity contribution in [3.63, 3.8) is 0 Å². The summed E-state index contributed by atoms with van der Waals surface area (Å²) in [7, 11) is -2.10. The van der Waals surface area contributed by atoms with Gasteiger partial charge in [-0.2, -0.15) is 0 Å². The fourth-order valence-corrected chi connectivity index (χ4v) is 12.3. The van der Waals surface area contributed by atoms with Crippen LogP contribution in [0.2, 0.25) is 16.6 Å². The molecule has 2 aliphatic rings. The molecule has 0 bridgehead atoms. The van der Waals surface area contributed by atoms with E-state index in [1.54, 1.807) is 6.08 Å². The van der Waals surface area contributed by atoms with E-state index >= 15 is 0 Å². The van der Waals surface area contributed by atoms with Crippen LogP contribution in [0.15, 0.2) is 40.9 Å². The maximum atomic E-state index is 10.00. The lowest BCUT2D eigenvalue weighted by molar-refractivity contribution is -0.194. The summed E-state index contributed by atoms with van der Waals surface area (Å²) in [4.78, 5) is 0. The number of ether oxygens (including phenoxy) is 2. The van der Waals surface area contributed by atoms with Crippen LogP contribution in [-0.2, 0) is 9.47 Å². The third-order valence-corrected chi connectivity index (χ3v) is 14.5. The lowest BCUT2D eigenvalue weighted by Gasteiger charge is -2.42. The summed E-state index contributed by atoms with van der Waals surface area (Å²) < 4.78 is 20.6. The zero-order valence-corrected chi connectivity index (χ0v) is 24.8. The Morgan fingerprint density at radius 1 is 1.06 bits per heavy atom. The van der Waals surface area contributed by atoms with Gasteiger partial charge in [0, 0.05) is 10.4 Å². The molecular weight excluding hydrogens is 508 g/mol. The standard InChI is InChI=1S/C28H43BrO4Si/c1-15(2)26-19(9)28(32-25-12-11-24(30)20(10)31-25)22-13-21(14-23(29)27(22)26)33-34(16(3)4,17(5)6)18(7)8/h11-14,16-20,24-26,28,30H,1H2,2-10H3/t19-,20-,24-,25+,26-,28+/m1/s1. The van der Waals surface area contributed by atoms with E-state index in [0.717, 1.165) is 21.4 Å². The summed E-state index contributed by atoms with van der Waals surface area (Å²) in [5, 5.41) is 10.00. The second kappa shape index (κ2) is 10.6. The summed E-state index contributed by atoms with van der Waals surface area (Å²) in [6.07, 6.45) is 2.00. The third kappa shape index (κ3) is 4.99. The van der Waals surface area contributed by atoms with Crippen molar-refractivity contribution in [3.05, 3.63) is 52.0 Å². The number of aliphatic hydroxyl groups is 1. The second-order valence-corrected chi connectivity index (χ2v) is 17.4.